The molecule has 1 amide bonds. The maximum absolute atomic E-state index is 13.9. The zero-order chi connectivity index (χ0) is 22.4. The Morgan fingerprint density at radius 1 is 1.15 bits per heavy atom. The third-order valence-corrected chi connectivity index (χ3v) is 6.49. The standard InChI is InChI=1S/C25H31FN4O2.HI/c1-27-24(28-17-19-7-9-22(10-8-19)30-13-3-6-23(30)31)29-18-25(11-14-32-15-12-25)20-4-2-5-21(26)16-20;/h2,4-5,7-10,16H,3,6,11-15,17-18H2,1H3,(H2,27,28,29);1H. The number of anilines is 1. The van der Waals surface area contributed by atoms with Crippen molar-refractivity contribution in [3.63, 3.8) is 0 Å². The van der Waals surface area contributed by atoms with Gasteiger partial charge in [-0.3, -0.25) is 9.79 Å². The van der Waals surface area contributed by atoms with Crippen LogP contribution in [-0.2, 0) is 21.5 Å². The van der Waals surface area contributed by atoms with Crippen LogP contribution in [0.1, 0.15) is 36.8 Å². The van der Waals surface area contributed by atoms with Crippen LogP contribution < -0.4 is 15.5 Å². The van der Waals surface area contributed by atoms with E-state index in [-0.39, 0.29) is 41.1 Å². The zero-order valence-corrected chi connectivity index (χ0v) is 21.3. The van der Waals surface area contributed by atoms with Crippen LogP contribution in [0.5, 0.6) is 0 Å². The summed E-state index contributed by atoms with van der Waals surface area (Å²) in [5.41, 5.74) is 2.86. The van der Waals surface area contributed by atoms with Crippen LogP contribution in [-0.4, -0.2) is 45.2 Å². The smallest absolute Gasteiger partial charge is 0.227 e. The monoisotopic (exact) mass is 566 g/mol. The zero-order valence-electron chi connectivity index (χ0n) is 19.0. The quantitative estimate of drug-likeness (QED) is 0.316. The van der Waals surface area contributed by atoms with E-state index in [9.17, 15) is 9.18 Å². The summed E-state index contributed by atoms with van der Waals surface area (Å²) >= 11 is 0. The number of ether oxygens (including phenoxy) is 1. The summed E-state index contributed by atoms with van der Waals surface area (Å²) in [6.07, 6.45) is 3.22. The van der Waals surface area contributed by atoms with Gasteiger partial charge in [-0.25, -0.2) is 4.39 Å². The van der Waals surface area contributed by atoms with Crippen molar-refractivity contribution in [2.45, 2.75) is 37.6 Å². The number of carbonyl (C=O) groups is 1. The number of rotatable bonds is 6. The predicted molar refractivity (Wildman–Crippen MR) is 140 cm³/mol. The molecule has 0 radical (unpaired) electrons. The highest BCUT2D eigenvalue weighted by Crippen LogP contribution is 2.34. The van der Waals surface area contributed by atoms with E-state index in [1.807, 2.05) is 35.2 Å². The highest BCUT2D eigenvalue weighted by molar-refractivity contribution is 14.0. The summed E-state index contributed by atoms with van der Waals surface area (Å²) in [7, 11) is 1.75. The second-order valence-electron chi connectivity index (χ2n) is 8.50. The molecule has 0 unspecified atom stereocenters. The summed E-state index contributed by atoms with van der Waals surface area (Å²) in [5.74, 6) is 0.682. The minimum absolute atomic E-state index is 0. The van der Waals surface area contributed by atoms with Crippen LogP contribution in [0.3, 0.4) is 0 Å². The van der Waals surface area contributed by atoms with Crippen LogP contribution >= 0.6 is 24.0 Å². The topological polar surface area (TPSA) is 66.0 Å². The Morgan fingerprint density at radius 2 is 1.91 bits per heavy atom. The highest BCUT2D eigenvalue weighted by atomic mass is 127. The first-order valence-corrected chi connectivity index (χ1v) is 11.3. The van der Waals surface area contributed by atoms with Crippen LogP contribution in [0.15, 0.2) is 53.5 Å². The number of nitrogens with zero attached hydrogens (tertiary/aromatic N) is 2. The first-order chi connectivity index (χ1) is 15.6. The maximum atomic E-state index is 13.9. The third-order valence-electron chi connectivity index (χ3n) is 6.49. The summed E-state index contributed by atoms with van der Waals surface area (Å²) in [5, 5.41) is 6.79. The van der Waals surface area contributed by atoms with Gasteiger partial charge in [0, 0.05) is 57.4 Å². The fourth-order valence-electron chi connectivity index (χ4n) is 4.52. The van der Waals surface area contributed by atoms with Gasteiger partial charge in [0.05, 0.1) is 0 Å². The number of amides is 1. The van der Waals surface area contributed by atoms with Gasteiger partial charge >= 0.3 is 0 Å². The minimum Gasteiger partial charge on any atom is -0.381 e. The Morgan fingerprint density at radius 3 is 2.55 bits per heavy atom. The number of aliphatic imine (C=N–C) groups is 1. The molecule has 178 valence electrons. The molecule has 0 bridgehead atoms. The molecule has 0 aliphatic carbocycles. The average Bonchev–Trinajstić information content (AvgIpc) is 3.26. The molecule has 2 aliphatic heterocycles. The second kappa shape index (κ2) is 11.8. The largest absolute Gasteiger partial charge is 0.381 e. The first-order valence-electron chi connectivity index (χ1n) is 11.3. The Hall–Kier alpha value is -2.20. The van der Waals surface area contributed by atoms with Crippen molar-refractivity contribution in [3.05, 3.63) is 65.5 Å². The van der Waals surface area contributed by atoms with E-state index < -0.39 is 0 Å². The Balaban J connectivity index is 0.00000306. The van der Waals surface area contributed by atoms with Gasteiger partial charge in [0.1, 0.15) is 5.82 Å². The lowest BCUT2D eigenvalue weighted by Crippen LogP contribution is -2.48. The molecule has 0 saturated carbocycles. The number of hydrogen-bond donors (Lipinski definition) is 2. The van der Waals surface area contributed by atoms with Gasteiger partial charge in [-0.15, -0.1) is 24.0 Å². The molecule has 2 saturated heterocycles. The average molecular weight is 566 g/mol. The molecule has 0 spiro atoms. The molecule has 2 fully saturated rings. The molecule has 33 heavy (non-hydrogen) atoms. The van der Waals surface area contributed by atoms with Crippen LogP contribution in [0, 0.1) is 5.82 Å². The van der Waals surface area contributed by atoms with E-state index in [1.165, 1.54) is 6.07 Å². The van der Waals surface area contributed by atoms with E-state index in [0.29, 0.717) is 38.7 Å². The van der Waals surface area contributed by atoms with Gasteiger partial charge in [0.25, 0.3) is 0 Å². The maximum Gasteiger partial charge on any atom is 0.227 e. The normalized spacial score (nSPS) is 18.1. The van der Waals surface area contributed by atoms with Crippen molar-refractivity contribution in [2.24, 2.45) is 4.99 Å². The molecule has 8 heteroatoms. The van der Waals surface area contributed by atoms with Crippen molar-refractivity contribution < 1.29 is 13.9 Å². The van der Waals surface area contributed by atoms with Crippen molar-refractivity contribution in [3.8, 4) is 0 Å². The van der Waals surface area contributed by atoms with E-state index in [2.05, 4.69) is 15.6 Å². The number of guanidine groups is 1. The molecular weight excluding hydrogens is 534 g/mol. The lowest BCUT2D eigenvalue weighted by molar-refractivity contribution is -0.117. The molecule has 2 aromatic carbocycles. The van der Waals surface area contributed by atoms with Crippen LogP contribution in [0.4, 0.5) is 10.1 Å². The van der Waals surface area contributed by atoms with Crippen molar-refractivity contribution in [2.75, 3.05) is 38.3 Å². The Kier molecular flexibility index (Phi) is 9.08. The van der Waals surface area contributed by atoms with E-state index in [0.717, 1.165) is 42.6 Å². The summed E-state index contributed by atoms with van der Waals surface area (Å²) in [6, 6.07) is 15.0. The molecular formula is C25H32FIN4O2. The van der Waals surface area contributed by atoms with E-state index in [1.54, 1.807) is 19.2 Å². The number of carbonyl (C=O) groups excluding carboxylic acids is 1. The van der Waals surface area contributed by atoms with E-state index in [4.69, 9.17) is 4.74 Å². The molecule has 6 nitrogen and oxygen atoms in total. The minimum atomic E-state index is -0.213. The van der Waals surface area contributed by atoms with Gasteiger partial charge in [-0.05, 0) is 54.7 Å². The number of hydrogen-bond acceptors (Lipinski definition) is 3. The lowest BCUT2D eigenvalue weighted by atomic mass is 9.74. The molecule has 2 aromatic rings. The van der Waals surface area contributed by atoms with E-state index >= 15 is 0 Å². The highest BCUT2D eigenvalue weighted by Gasteiger charge is 2.35. The molecule has 4 rings (SSSR count). The van der Waals surface area contributed by atoms with Crippen LogP contribution in [0.25, 0.3) is 0 Å². The summed E-state index contributed by atoms with van der Waals surface area (Å²) < 4.78 is 19.5. The van der Waals surface area contributed by atoms with Gasteiger partial charge in [-0.1, -0.05) is 24.3 Å². The molecule has 0 atom stereocenters. The number of halogens is 2. The second-order valence-corrected chi connectivity index (χ2v) is 8.50. The van der Waals surface area contributed by atoms with Crippen molar-refractivity contribution in [1.29, 1.82) is 0 Å². The third kappa shape index (κ3) is 6.23. The van der Waals surface area contributed by atoms with Crippen molar-refractivity contribution in [1.82, 2.24) is 10.6 Å². The first kappa shape index (κ1) is 25.4. The van der Waals surface area contributed by atoms with Crippen molar-refractivity contribution >= 4 is 41.5 Å². The van der Waals surface area contributed by atoms with Gasteiger partial charge in [-0.2, -0.15) is 0 Å². The van der Waals surface area contributed by atoms with Gasteiger partial charge in [0.15, 0.2) is 5.96 Å². The summed E-state index contributed by atoms with van der Waals surface area (Å²) in [6.45, 7) is 3.39. The molecule has 2 heterocycles. The summed E-state index contributed by atoms with van der Waals surface area (Å²) in [4.78, 5) is 18.1. The Labute approximate surface area is 212 Å². The molecule has 0 aromatic heterocycles. The Bertz CT molecular complexity index is 961. The lowest BCUT2D eigenvalue weighted by Gasteiger charge is -2.38. The number of benzene rings is 2. The predicted octanol–water partition coefficient (Wildman–Crippen LogP) is 3.98. The SMILES string of the molecule is CN=C(NCc1ccc(N2CCCC2=O)cc1)NCC1(c2cccc(F)c2)CCOCC1.I. The van der Waals surface area contributed by atoms with Crippen LogP contribution in [0.2, 0.25) is 0 Å². The number of nitrogens with one attached hydrogen (secondary N) is 2. The molecule has 2 N–H and O–H groups in total. The van der Waals surface area contributed by atoms with Gasteiger partial charge < -0.3 is 20.3 Å². The fraction of sp³-hybridized carbons (Fsp3) is 0.440. The van der Waals surface area contributed by atoms with Gasteiger partial charge in [0.2, 0.25) is 5.91 Å². The molecule has 2 aliphatic rings. The fourth-order valence-corrected chi connectivity index (χ4v) is 4.52.